The Morgan fingerprint density at radius 3 is 2.67 bits per heavy atom. The van der Waals surface area contributed by atoms with Gasteiger partial charge in [-0.1, -0.05) is 6.07 Å². The standard InChI is InChI=1S/C21H17FN4O/c1-13-23-12-20(26(13)2)15-5-8-19-16(9-15)10-18(24-25-19)11-21(27)14-3-6-17(22)7-4-14/h3-10,12H,11H2,1-2H3/i3D,4D,6D,7D. The molecule has 5 nitrogen and oxygen atoms in total. The third-order valence-corrected chi connectivity index (χ3v) is 4.37. The van der Waals surface area contributed by atoms with Crippen LogP contribution in [0.25, 0.3) is 22.2 Å². The van der Waals surface area contributed by atoms with Gasteiger partial charge in [0.15, 0.2) is 5.78 Å². The summed E-state index contributed by atoms with van der Waals surface area (Å²) < 4.78 is 46.6. The van der Waals surface area contributed by atoms with Gasteiger partial charge in [-0.3, -0.25) is 4.79 Å². The SMILES string of the molecule is [2H]c1c([2H])c(C(=O)Cc2cc3cc(-c4cnc(C)n4C)ccc3nn2)c([2H])c([2H])c1F. The minimum Gasteiger partial charge on any atom is -0.331 e. The number of hydrogen-bond donors (Lipinski definition) is 0. The second-order valence-electron chi connectivity index (χ2n) is 6.15. The van der Waals surface area contributed by atoms with Gasteiger partial charge in [0.05, 0.1) is 35.0 Å². The van der Waals surface area contributed by atoms with E-state index in [0.717, 1.165) is 22.5 Å². The zero-order chi connectivity index (χ0) is 22.4. The number of nitrogens with zero attached hydrogens (tertiary/aromatic N) is 4. The normalized spacial score (nSPS) is 13.1. The van der Waals surface area contributed by atoms with Gasteiger partial charge in [-0.25, -0.2) is 9.37 Å². The fourth-order valence-electron chi connectivity index (χ4n) is 2.79. The summed E-state index contributed by atoms with van der Waals surface area (Å²) in [4.78, 5) is 17.0. The largest absolute Gasteiger partial charge is 0.331 e. The van der Waals surface area contributed by atoms with Crippen LogP contribution in [-0.4, -0.2) is 25.5 Å². The Hall–Kier alpha value is -3.41. The van der Waals surface area contributed by atoms with E-state index in [1.807, 2.05) is 36.7 Å². The maximum absolute atomic E-state index is 13.8. The van der Waals surface area contributed by atoms with E-state index >= 15 is 0 Å². The van der Waals surface area contributed by atoms with Crippen LogP contribution in [0, 0.1) is 12.7 Å². The first-order chi connectivity index (χ1) is 14.7. The Morgan fingerprint density at radius 1 is 1.19 bits per heavy atom. The number of aromatic nitrogens is 4. The molecule has 0 atom stereocenters. The Morgan fingerprint density at radius 2 is 1.96 bits per heavy atom. The number of imidazole rings is 1. The van der Waals surface area contributed by atoms with Crippen molar-refractivity contribution in [3.8, 4) is 11.3 Å². The maximum atomic E-state index is 13.8. The molecule has 4 aromatic rings. The molecule has 0 amide bonds. The third-order valence-electron chi connectivity index (χ3n) is 4.37. The number of halogens is 1. The predicted molar refractivity (Wildman–Crippen MR) is 101 cm³/mol. The summed E-state index contributed by atoms with van der Waals surface area (Å²) in [5.41, 5.74) is 2.31. The van der Waals surface area contributed by atoms with E-state index in [4.69, 9.17) is 5.48 Å². The molecular weight excluding hydrogens is 343 g/mol. The minimum absolute atomic E-state index is 0.291. The van der Waals surface area contributed by atoms with Gasteiger partial charge in [-0.15, -0.1) is 0 Å². The predicted octanol–water partition coefficient (Wildman–Crippen LogP) is 3.90. The lowest BCUT2D eigenvalue weighted by atomic mass is 10.0. The molecule has 0 saturated carbocycles. The highest BCUT2D eigenvalue weighted by Crippen LogP contribution is 2.24. The quantitative estimate of drug-likeness (QED) is 0.515. The minimum atomic E-state index is -1.28. The Labute approximate surface area is 161 Å². The number of fused-ring (bicyclic) bond motifs is 1. The van der Waals surface area contributed by atoms with Gasteiger partial charge in [0.2, 0.25) is 0 Å². The fourth-order valence-corrected chi connectivity index (χ4v) is 2.79. The zero-order valence-electron chi connectivity index (χ0n) is 18.7. The number of hydrogen-bond acceptors (Lipinski definition) is 4. The molecule has 0 N–H and O–H groups in total. The number of aryl methyl sites for hydroxylation is 1. The van der Waals surface area contributed by atoms with Gasteiger partial charge in [0, 0.05) is 23.6 Å². The zero-order valence-corrected chi connectivity index (χ0v) is 14.7. The molecule has 0 unspecified atom stereocenters. The number of rotatable bonds is 4. The van der Waals surface area contributed by atoms with Crippen LogP contribution in [-0.2, 0) is 13.5 Å². The van der Waals surface area contributed by atoms with Gasteiger partial charge < -0.3 is 4.57 Å². The molecule has 0 aliphatic rings. The van der Waals surface area contributed by atoms with Crippen molar-refractivity contribution < 1.29 is 14.7 Å². The Kier molecular flexibility index (Phi) is 3.20. The van der Waals surface area contributed by atoms with Crippen LogP contribution in [0.4, 0.5) is 4.39 Å². The molecule has 0 spiro atoms. The van der Waals surface area contributed by atoms with E-state index in [-0.39, 0.29) is 6.42 Å². The Bertz CT molecular complexity index is 1340. The maximum Gasteiger partial charge on any atom is 0.168 e. The molecule has 0 aliphatic heterocycles. The number of Topliss-reactive ketones (excluding diaryl/α,β-unsaturated/α-hetero) is 1. The highest BCUT2D eigenvalue weighted by molar-refractivity contribution is 5.97. The first-order valence-electron chi connectivity index (χ1n) is 10.2. The molecule has 6 heteroatoms. The highest BCUT2D eigenvalue weighted by atomic mass is 19.1. The molecule has 2 aromatic heterocycles. The lowest BCUT2D eigenvalue weighted by molar-refractivity contribution is 0.0991. The summed E-state index contributed by atoms with van der Waals surface area (Å²) in [7, 11) is 1.91. The van der Waals surface area contributed by atoms with Crippen molar-refractivity contribution in [1.29, 1.82) is 0 Å². The van der Waals surface area contributed by atoms with E-state index in [9.17, 15) is 9.18 Å². The van der Waals surface area contributed by atoms with Gasteiger partial charge in [0.25, 0.3) is 0 Å². The number of carbonyl (C=O) groups is 1. The van der Waals surface area contributed by atoms with Gasteiger partial charge in [0.1, 0.15) is 11.6 Å². The molecule has 0 saturated heterocycles. The molecule has 0 aliphatic carbocycles. The topological polar surface area (TPSA) is 60.7 Å². The summed E-state index contributed by atoms with van der Waals surface area (Å²) in [5, 5.41) is 8.91. The molecule has 2 aromatic carbocycles. The van der Waals surface area contributed by atoms with Gasteiger partial charge in [-0.2, -0.15) is 10.2 Å². The first-order valence-corrected chi connectivity index (χ1v) is 8.23. The smallest absolute Gasteiger partial charge is 0.168 e. The van der Waals surface area contributed by atoms with Crippen LogP contribution in [0.5, 0.6) is 0 Å². The summed E-state index contributed by atoms with van der Waals surface area (Å²) in [6.07, 6.45) is 1.48. The van der Waals surface area contributed by atoms with Crippen LogP contribution in [0.15, 0.2) is 54.6 Å². The Balaban J connectivity index is 1.71. The van der Waals surface area contributed by atoms with Crippen molar-refractivity contribution in [2.24, 2.45) is 7.05 Å². The van der Waals surface area contributed by atoms with Crippen LogP contribution < -0.4 is 0 Å². The number of benzene rings is 2. The van der Waals surface area contributed by atoms with Gasteiger partial charge in [-0.05, 0) is 49.3 Å². The number of carbonyl (C=O) groups excluding carboxylic acids is 1. The summed E-state index contributed by atoms with van der Waals surface area (Å²) in [5.74, 6) is -1.10. The first kappa shape index (κ1) is 12.9. The second kappa shape index (κ2) is 6.72. The molecule has 27 heavy (non-hydrogen) atoms. The molecule has 0 bridgehead atoms. The van der Waals surface area contributed by atoms with Crippen molar-refractivity contribution in [1.82, 2.24) is 19.7 Å². The molecule has 0 radical (unpaired) electrons. The van der Waals surface area contributed by atoms with Gasteiger partial charge >= 0.3 is 0 Å². The van der Waals surface area contributed by atoms with Crippen molar-refractivity contribution in [3.05, 3.63) is 77.5 Å². The van der Waals surface area contributed by atoms with Crippen molar-refractivity contribution in [2.75, 3.05) is 0 Å². The van der Waals surface area contributed by atoms with Crippen LogP contribution in [0.2, 0.25) is 0 Å². The van der Waals surface area contributed by atoms with E-state index in [0.29, 0.717) is 11.2 Å². The molecule has 2 heterocycles. The van der Waals surface area contributed by atoms with E-state index < -0.39 is 41.3 Å². The summed E-state index contributed by atoms with van der Waals surface area (Å²) in [6, 6.07) is 4.16. The van der Waals surface area contributed by atoms with Crippen molar-refractivity contribution in [2.45, 2.75) is 13.3 Å². The summed E-state index contributed by atoms with van der Waals surface area (Å²) in [6.45, 7) is 1.90. The molecule has 4 rings (SSSR count). The van der Waals surface area contributed by atoms with E-state index in [2.05, 4.69) is 15.2 Å². The van der Waals surface area contributed by atoms with Crippen LogP contribution in [0.3, 0.4) is 0 Å². The monoisotopic (exact) mass is 364 g/mol. The van der Waals surface area contributed by atoms with Crippen LogP contribution in [0.1, 0.15) is 27.4 Å². The lowest BCUT2D eigenvalue weighted by Gasteiger charge is -2.06. The molecular formula is C21H17FN4O. The summed E-state index contributed by atoms with van der Waals surface area (Å²) >= 11 is 0. The fraction of sp³-hybridized carbons (Fsp3) is 0.143. The number of ketones is 1. The average Bonchev–Trinajstić information content (AvgIpc) is 3.09. The molecule has 0 fully saturated rings. The second-order valence-corrected chi connectivity index (χ2v) is 6.15. The third kappa shape index (κ3) is 3.33. The average molecular weight is 364 g/mol. The van der Waals surface area contributed by atoms with Crippen molar-refractivity contribution >= 4 is 16.7 Å². The molecule has 134 valence electrons. The van der Waals surface area contributed by atoms with E-state index in [1.165, 1.54) is 0 Å². The lowest BCUT2D eigenvalue weighted by Crippen LogP contribution is -2.06. The van der Waals surface area contributed by atoms with Crippen LogP contribution >= 0.6 is 0 Å². The van der Waals surface area contributed by atoms with Crippen molar-refractivity contribution in [3.63, 3.8) is 0 Å². The van der Waals surface area contributed by atoms with E-state index in [1.54, 1.807) is 12.3 Å². The highest BCUT2D eigenvalue weighted by Gasteiger charge is 2.11.